The molecule has 0 unspecified atom stereocenters. The van der Waals surface area contributed by atoms with Crippen LogP contribution in [0.3, 0.4) is 0 Å². The summed E-state index contributed by atoms with van der Waals surface area (Å²) in [6.07, 6.45) is 3.19. The fraction of sp³-hybridized carbons (Fsp3) is 0.111. The second kappa shape index (κ2) is 7.34. The molecule has 28 heavy (non-hydrogen) atoms. The second-order valence-corrected chi connectivity index (χ2v) is 7.95. The number of hydrogen-bond acceptors (Lipinski definition) is 8. The van der Waals surface area contributed by atoms with Gasteiger partial charge in [0, 0.05) is 5.38 Å². The summed E-state index contributed by atoms with van der Waals surface area (Å²) in [7, 11) is 1.29. The summed E-state index contributed by atoms with van der Waals surface area (Å²) in [6, 6.07) is 3.60. The molecule has 1 N–H and O–H groups in total. The fourth-order valence-electron chi connectivity index (χ4n) is 2.61. The number of aromatic amines is 1. The minimum atomic E-state index is -0.504. The molecule has 4 aromatic rings. The van der Waals surface area contributed by atoms with E-state index in [0.29, 0.717) is 37.1 Å². The van der Waals surface area contributed by atoms with Crippen LogP contribution in [-0.2, 0) is 4.74 Å². The van der Waals surface area contributed by atoms with Crippen molar-refractivity contribution in [3.63, 3.8) is 0 Å². The molecule has 10 heteroatoms. The number of H-pyrrole nitrogens is 1. The molecule has 4 aromatic heterocycles. The van der Waals surface area contributed by atoms with Crippen LogP contribution in [0.5, 0.6) is 0 Å². The molecule has 0 fully saturated rings. The Bertz CT molecular complexity index is 1270. The van der Waals surface area contributed by atoms with E-state index in [1.54, 1.807) is 25.3 Å². The Morgan fingerprint density at radius 1 is 1.39 bits per heavy atom. The van der Waals surface area contributed by atoms with Crippen molar-refractivity contribution in [2.24, 2.45) is 0 Å². The highest BCUT2D eigenvalue weighted by Gasteiger charge is 2.20. The largest absolute Gasteiger partial charge is 0.465 e. The number of carbonyl (C=O) groups is 1. The number of carbonyl (C=O) groups excluding carboxylic acids is 1. The molecule has 4 rings (SSSR count). The zero-order valence-electron chi connectivity index (χ0n) is 14.6. The van der Waals surface area contributed by atoms with E-state index in [2.05, 4.69) is 15.0 Å². The zero-order chi connectivity index (χ0) is 19.8. The van der Waals surface area contributed by atoms with Gasteiger partial charge in [0.25, 0.3) is 5.56 Å². The van der Waals surface area contributed by atoms with Crippen molar-refractivity contribution in [2.75, 3.05) is 7.11 Å². The van der Waals surface area contributed by atoms with E-state index in [4.69, 9.17) is 20.8 Å². The lowest BCUT2D eigenvalue weighted by Gasteiger charge is -1.99. The molecule has 142 valence electrons. The monoisotopic (exact) mass is 433 g/mol. The number of ether oxygens (including phenoxy) is 1. The summed E-state index contributed by atoms with van der Waals surface area (Å²) in [5.74, 6) is 0.360. The van der Waals surface area contributed by atoms with Gasteiger partial charge in [-0.2, -0.15) is 0 Å². The van der Waals surface area contributed by atoms with E-state index in [-0.39, 0.29) is 16.4 Å². The number of methoxy groups -OCH3 is 1. The van der Waals surface area contributed by atoms with E-state index in [0.717, 1.165) is 11.3 Å². The van der Waals surface area contributed by atoms with Crippen molar-refractivity contribution in [3.8, 4) is 10.8 Å². The molecule has 0 amide bonds. The Hall–Kier alpha value is -2.75. The second-order valence-electron chi connectivity index (χ2n) is 5.69. The average Bonchev–Trinajstić information content (AvgIpc) is 3.41. The molecular formula is C18H12ClN3O4S2. The lowest BCUT2D eigenvalue weighted by atomic mass is 10.2. The predicted octanol–water partition coefficient (Wildman–Crippen LogP) is 4.53. The molecule has 0 saturated carbocycles. The Labute approximate surface area is 171 Å². The topological polar surface area (TPSA) is 98.1 Å². The summed E-state index contributed by atoms with van der Waals surface area (Å²) in [6.45, 7) is 1.69. The fourth-order valence-corrected chi connectivity index (χ4v) is 4.65. The SMILES string of the molecule is COC(=O)c1sc2nc(/C(Cl)=C/c3csc(-c4ccco4)n3)[nH]c(=O)c2c1C. The van der Waals surface area contributed by atoms with Crippen molar-refractivity contribution >= 4 is 61.6 Å². The molecule has 0 atom stereocenters. The number of aromatic nitrogens is 3. The van der Waals surface area contributed by atoms with Crippen LogP contribution in [0.25, 0.3) is 32.1 Å². The van der Waals surface area contributed by atoms with Gasteiger partial charge >= 0.3 is 5.97 Å². The number of hydrogen-bond donors (Lipinski definition) is 1. The average molecular weight is 434 g/mol. The van der Waals surface area contributed by atoms with Crippen LogP contribution in [-0.4, -0.2) is 28.0 Å². The van der Waals surface area contributed by atoms with E-state index in [1.807, 2.05) is 11.4 Å². The first kappa shape index (κ1) is 18.6. The molecule has 0 aromatic carbocycles. The van der Waals surface area contributed by atoms with E-state index in [1.165, 1.54) is 18.4 Å². The van der Waals surface area contributed by atoms with Gasteiger partial charge in [0.15, 0.2) is 16.6 Å². The summed E-state index contributed by atoms with van der Waals surface area (Å²) in [5, 5.41) is 3.11. The molecule has 0 aliphatic heterocycles. The predicted molar refractivity (Wildman–Crippen MR) is 110 cm³/mol. The van der Waals surface area contributed by atoms with Crippen LogP contribution in [0.2, 0.25) is 0 Å². The Balaban J connectivity index is 1.73. The Morgan fingerprint density at radius 3 is 2.93 bits per heavy atom. The van der Waals surface area contributed by atoms with Gasteiger partial charge in [-0.25, -0.2) is 14.8 Å². The smallest absolute Gasteiger partial charge is 0.348 e. The summed E-state index contributed by atoms with van der Waals surface area (Å²) < 4.78 is 10.1. The number of nitrogens with zero attached hydrogens (tertiary/aromatic N) is 2. The van der Waals surface area contributed by atoms with Crippen molar-refractivity contribution < 1.29 is 13.9 Å². The first-order valence-electron chi connectivity index (χ1n) is 7.96. The number of rotatable bonds is 4. The van der Waals surface area contributed by atoms with Gasteiger partial charge in [-0.3, -0.25) is 4.79 Å². The van der Waals surface area contributed by atoms with E-state index < -0.39 is 5.97 Å². The third kappa shape index (κ3) is 3.28. The van der Waals surface area contributed by atoms with E-state index >= 15 is 0 Å². The Morgan fingerprint density at radius 2 is 2.21 bits per heavy atom. The van der Waals surface area contributed by atoms with Gasteiger partial charge in [-0.1, -0.05) is 11.6 Å². The summed E-state index contributed by atoms with van der Waals surface area (Å²) in [4.78, 5) is 36.6. The number of fused-ring (bicyclic) bond motifs is 1. The number of thiazole rings is 1. The maximum absolute atomic E-state index is 12.5. The van der Waals surface area contributed by atoms with Crippen LogP contribution in [0.1, 0.15) is 26.8 Å². The zero-order valence-corrected chi connectivity index (χ0v) is 17.0. The van der Waals surface area contributed by atoms with Gasteiger partial charge in [0.1, 0.15) is 9.71 Å². The van der Waals surface area contributed by atoms with Crippen LogP contribution in [0.4, 0.5) is 0 Å². The van der Waals surface area contributed by atoms with Crippen LogP contribution in [0, 0.1) is 6.92 Å². The van der Waals surface area contributed by atoms with Crippen LogP contribution < -0.4 is 5.56 Å². The molecular weight excluding hydrogens is 422 g/mol. The third-order valence-corrected chi connectivity index (χ3v) is 6.25. The maximum Gasteiger partial charge on any atom is 0.348 e. The molecule has 7 nitrogen and oxygen atoms in total. The third-order valence-electron chi connectivity index (χ3n) is 3.93. The van der Waals surface area contributed by atoms with Gasteiger partial charge < -0.3 is 14.1 Å². The number of furan rings is 1. The van der Waals surface area contributed by atoms with Gasteiger partial charge in [-0.15, -0.1) is 22.7 Å². The Kier molecular flexibility index (Phi) is 4.88. The molecule has 4 heterocycles. The summed E-state index contributed by atoms with van der Waals surface area (Å²) >= 11 is 8.87. The number of esters is 1. The highest BCUT2D eigenvalue weighted by Crippen LogP contribution is 2.30. The van der Waals surface area contributed by atoms with Crippen molar-refractivity contribution in [3.05, 3.63) is 56.1 Å². The molecule has 0 radical (unpaired) electrons. The minimum absolute atomic E-state index is 0.199. The number of thiophene rings is 1. The van der Waals surface area contributed by atoms with Crippen molar-refractivity contribution in [2.45, 2.75) is 6.92 Å². The maximum atomic E-state index is 12.5. The normalized spacial score (nSPS) is 11.9. The highest BCUT2D eigenvalue weighted by molar-refractivity contribution is 7.20. The molecule has 0 spiro atoms. The molecule has 0 saturated heterocycles. The van der Waals surface area contributed by atoms with Crippen LogP contribution in [0.15, 0.2) is 33.0 Å². The first-order chi connectivity index (χ1) is 13.5. The van der Waals surface area contributed by atoms with Crippen molar-refractivity contribution in [1.29, 1.82) is 0 Å². The number of nitrogens with one attached hydrogen (secondary N) is 1. The van der Waals surface area contributed by atoms with Crippen molar-refractivity contribution in [1.82, 2.24) is 15.0 Å². The van der Waals surface area contributed by atoms with Crippen LogP contribution >= 0.6 is 34.3 Å². The first-order valence-corrected chi connectivity index (χ1v) is 10.0. The highest BCUT2D eigenvalue weighted by atomic mass is 35.5. The van der Waals surface area contributed by atoms with Gasteiger partial charge in [-0.05, 0) is 30.7 Å². The standard InChI is InChI=1S/C18H12ClN3O4S2/c1-8-12-15(23)21-14(22-17(12)28-13(8)18(24)25-2)10(19)6-9-7-27-16(20-9)11-4-3-5-26-11/h3-7H,1-2H3,(H,21,22,23)/b10-6-. The quantitative estimate of drug-likeness (QED) is 0.474. The molecule has 0 bridgehead atoms. The van der Waals surface area contributed by atoms with Gasteiger partial charge in [0.05, 0.1) is 29.5 Å². The molecule has 0 aliphatic rings. The lowest BCUT2D eigenvalue weighted by Crippen LogP contribution is -2.10. The van der Waals surface area contributed by atoms with Gasteiger partial charge in [0.2, 0.25) is 0 Å². The summed E-state index contributed by atoms with van der Waals surface area (Å²) in [5.41, 5.74) is 0.779. The minimum Gasteiger partial charge on any atom is -0.465 e. The number of halogens is 1. The lowest BCUT2D eigenvalue weighted by molar-refractivity contribution is 0.0605. The molecule has 0 aliphatic carbocycles. The number of aryl methyl sites for hydroxylation is 1. The van der Waals surface area contributed by atoms with E-state index in [9.17, 15) is 9.59 Å².